The van der Waals surface area contributed by atoms with Gasteiger partial charge in [0.2, 0.25) is 0 Å². The lowest BCUT2D eigenvalue weighted by Gasteiger charge is -2.10. The summed E-state index contributed by atoms with van der Waals surface area (Å²) in [6.07, 6.45) is 1.54. The average molecular weight is 299 g/mol. The summed E-state index contributed by atoms with van der Waals surface area (Å²) < 4.78 is 20.9. The maximum absolute atomic E-state index is 8.66. The summed E-state index contributed by atoms with van der Waals surface area (Å²) in [6, 6.07) is 3.39. The van der Waals surface area contributed by atoms with E-state index in [9.17, 15) is 0 Å². The van der Waals surface area contributed by atoms with Crippen molar-refractivity contribution in [1.82, 2.24) is 4.98 Å². The standard InChI is InChI=1S/C13H21N3O5/c1-18-5-6-19-7-8-20-9-10-21-11-3-2-4-15-12(11)13(14)16-17/h2-4,17H,5-10H2,1H3,(H2,14,16). The topological polar surface area (TPSA) is 108 Å². The number of nitrogens with two attached hydrogens (primary N) is 1. The highest BCUT2D eigenvalue weighted by Crippen LogP contribution is 2.14. The van der Waals surface area contributed by atoms with Crippen LogP contribution in [0, 0.1) is 0 Å². The highest BCUT2D eigenvalue weighted by Gasteiger charge is 2.08. The molecule has 118 valence electrons. The minimum absolute atomic E-state index is 0.0990. The molecule has 0 aromatic carbocycles. The Morgan fingerprint density at radius 3 is 2.52 bits per heavy atom. The minimum atomic E-state index is -0.0990. The first-order valence-corrected chi connectivity index (χ1v) is 6.49. The zero-order valence-corrected chi connectivity index (χ0v) is 12.0. The van der Waals surface area contributed by atoms with E-state index in [-0.39, 0.29) is 5.84 Å². The number of aromatic nitrogens is 1. The number of amidine groups is 1. The summed E-state index contributed by atoms with van der Waals surface area (Å²) >= 11 is 0. The Bertz CT molecular complexity index is 428. The van der Waals surface area contributed by atoms with Gasteiger partial charge in [0.05, 0.1) is 33.0 Å². The summed E-state index contributed by atoms with van der Waals surface area (Å²) in [6.45, 7) is 2.84. The van der Waals surface area contributed by atoms with E-state index in [1.165, 1.54) is 6.20 Å². The lowest BCUT2D eigenvalue weighted by molar-refractivity contribution is 0.0179. The van der Waals surface area contributed by atoms with Gasteiger partial charge in [-0.1, -0.05) is 5.16 Å². The molecule has 0 spiro atoms. The highest BCUT2D eigenvalue weighted by molar-refractivity contribution is 5.97. The Labute approximate surface area is 123 Å². The Morgan fingerprint density at radius 2 is 1.86 bits per heavy atom. The fourth-order valence-corrected chi connectivity index (χ4v) is 1.42. The molecule has 0 unspecified atom stereocenters. The number of ether oxygens (including phenoxy) is 4. The number of hydrogen-bond donors (Lipinski definition) is 2. The molecule has 0 atom stereocenters. The first-order valence-electron chi connectivity index (χ1n) is 6.49. The van der Waals surface area contributed by atoms with Gasteiger partial charge in [-0.05, 0) is 12.1 Å². The lowest BCUT2D eigenvalue weighted by Crippen LogP contribution is -2.18. The SMILES string of the molecule is COCCOCCOCCOc1cccnc1/C(N)=N/O. The molecule has 1 aromatic heterocycles. The Kier molecular flexibility index (Phi) is 8.85. The number of pyridine rings is 1. The van der Waals surface area contributed by atoms with E-state index >= 15 is 0 Å². The number of rotatable bonds is 11. The number of nitrogens with zero attached hydrogens (tertiary/aromatic N) is 2. The Balaban J connectivity index is 2.19. The molecule has 0 aliphatic rings. The maximum atomic E-state index is 8.66. The number of hydrogen-bond acceptors (Lipinski definition) is 7. The summed E-state index contributed by atoms with van der Waals surface area (Å²) in [5.41, 5.74) is 5.80. The molecule has 1 heterocycles. The van der Waals surface area contributed by atoms with Crippen molar-refractivity contribution in [3.05, 3.63) is 24.0 Å². The van der Waals surface area contributed by atoms with Crippen LogP contribution in [0.4, 0.5) is 0 Å². The van der Waals surface area contributed by atoms with Crippen molar-refractivity contribution in [2.45, 2.75) is 0 Å². The molecule has 0 aliphatic heterocycles. The molecule has 0 saturated heterocycles. The molecule has 0 radical (unpaired) electrons. The fraction of sp³-hybridized carbons (Fsp3) is 0.538. The second kappa shape index (κ2) is 10.8. The molecule has 1 aromatic rings. The van der Waals surface area contributed by atoms with Crippen LogP contribution in [0.25, 0.3) is 0 Å². The van der Waals surface area contributed by atoms with E-state index in [1.807, 2.05) is 0 Å². The van der Waals surface area contributed by atoms with Crippen molar-refractivity contribution in [3.8, 4) is 5.75 Å². The molecule has 3 N–H and O–H groups in total. The van der Waals surface area contributed by atoms with Crippen LogP contribution in [0.5, 0.6) is 5.75 Å². The summed E-state index contributed by atoms with van der Waals surface area (Å²) in [7, 11) is 1.62. The van der Waals surface area contributed by atoms with Crippen LogP contribution in [0.1, 0.15) is 5.69 Å². The minimum Gasteiger partial charge on any atom is -0.489 e. The van der Waals surface area contributed by atoms with Crippen LogP contribution in [0.2, 0.25) is 0 Å². The fourth-order valence-electron chi connectivity index (χ4n) is 1.42. The number of methoxy groups -OCH3 is 1. The molecule has 1 rings (SSSR count). The van der Waals surface area contributed by atoms with Gasteiger partial charge < -0.3 is 29.9 Å². The Morgan fingerprint density at radius 1 is 1.19 bits per heavy atom. The van der Waals surface area contributed by atoms with Gasteiger partial charge >= 0.3 is 0 Å². The predicted molar refractivity (Wildman–Crippen MR) is 75.8 cm³/mol. The molecular weight excluding hydrogens is 278 g/mol. The van der Waals surface area contributed by atoms with Crippen molar-refractivity contribution >= 4 is 5.84 Å². The van der Waals surface area contributed by atoms with Gasteiger partial charge in [-0.2, -0.15) is 0 Å². The first kappa shape index (κ1) is 17.2. The van der Waals surface area contributed by atoms with Gasteiger partial charge in [0, 0.05) is 13.3 Å². The van der Waals surface area contributed by atoms with E-state index in [2.05, 4.69) is 10.1 Å². The van der Waals surface area contributed by atoms with Gasteiger partial charge in [0.1, 0.15) is 12.4 Å². The van der Waals surface area contributed by atoms with Gasteiger partial charge in [-0.25, -0.2) is 4.98 Å². The van der Waals surface area contributed by atoms with Crippen LogP contribution in [-0.2, 0) is 14.2 Å². The smallest absolute Gasteiger partial charge is 0.192 e. The summed E-state index contributed by atoms with van der Waals surface area (Å²) in [5, 5.41) is 11.6. The van der Waals surface area contributed by atoms with Crippen molar-refractivity contribution in [3.63, 3.8) is 0 Å². The molecule has 0 amide bonds. The monoisotopic (exact) mass is 299 g/mol. The quantitative estimate of drug-likeness (QED) is 0.198. The highest BCUT2D eigenvalue weighted by atomic mass is 16.6. The second-order valence-corrected chi connectivity index (χ2v) is 3.90. The van der Waals surface area contributed by atoms with Crippen molar-refractivity contribution in [2.24, 2.45) is 10.9 Å². The molecule has 8 nitrogen and oxygen atoms in total. The third kappa shape index (κ3) is 6.89. The summed E-state index contributed by atoms with van der Waals surface area (Å²) in [4.78, 5) is 3.99. The predicted octanol–water partition coefficient (Wildman–Crippen LogP) is 0.235. The second-order valence-electron chi connectivity index (χ2n) is 3.90. The zero-order chi connectivity index (χ0) is 15.3. The molecular formula is C13H21N3O5. The van der Waals surface area contributed by atoms with Crippen LogP contribution < -0.4 is 10.5 Å². The molecule has 0 fully saturated rings. The summed E-state index contributed by atoms with van der Waals surface area (Å²) in [5.74, 6) is 0.339. The molecule has 0 bridgehead atoms. The van der Waals surface area contributed by atoms with Crippen LogP contribution in [-0.4, -0.2) is 62.8 Å². The maximum Gasteiger partial charge on any atom is 0.192 e. The zero-order valence-electron chi connectivity index (χ0n) is 12.0. The van der Waals surface area contributed by atoms with Crippen molar-refractivity contribution < 1.29 is 24.2 Å². The largest absolute Gasteiger partial charge is 0.489 e. The average Bonchev–Trinajstić information content (AvgIpc) is 2.53. The van der Waals surface area contributed by atoms with Crippen LogP contribution in [0.3, 0.4) is 0 Å². The normalized spacial score (nSPS) is 11.6. The van der Waals surface area contributed by atoms with E-state index in [0.29, 0.717) is 51.1 Å². The van der Waals surface area contributed by atoms with E-state index < -0.39 is 0 Å². The molecule has 0 saturated carbocycles. The lowest BCUT2D eigenvalue weighted by atomic mass is 10.3. The first-order chi connectivity index (χ1) is 10.3. The van der Waals surface area contributed by atoms with Crippen molar-refractivity contribution in [2.75, 3.05) is 46.8 Å². The molecule has 21 heavy (non-hydrogen) atoms. The third-order valence-corrected chi connectivity index (χ3v) is 2.41. The molecule has 8 heteroatoms. The Hall–Kier alpha value is -1.90. The van der Waals surface area contributed by atoms with Gasteiger partial charge in [-0.3, -0.25) is 0 Å². The molecule has 0 aliphatic carbocycles. The van der Waals surface area contributed by atoms with E-state index in [1.54, 1.807) is 19.2 Å². The van der Waals surface area contributed by atoms with Gasteiger partial charge in [-0.15, -0.1) is 0 Å². The van der Waals surface area contributed by atoms with Gasteiger partial charge in [0.15, 0.2) is 11.5 Å². The van der Waals surface area contributed by atoms with E-state index in [0.717, 1.165) is 0 Å². The van der Waals surface area contributed by atoms with Gasteiger partial charge in [0.25, 0.3) is 0 Å². The van der Waals surface area contributed by atoms with E-state index in [4.69, 9.17) is 29.9 Å². The van der Waals surface area contributed by atoms with Crippen molar-refractivity contribution in [1.29, 1.82) is 0 Å². The van der Waals surface area contributed by atoms with Crippen LogP contribution >= 0.6 is 0 Å². The van der Waals surface area contributed by atoms with Crippen LogP contribution in [0.15, 0.2) is 23.5 Å². The number of oxime groups is 1. The third-order valence-electron chi connectivity index (χ3n) is 2.41.